The summed E-state index contributed by atoms with van der Waals surface area (Å²) in [6, 6.07) is 3.14. The van der Waals surface area contributed by atoms with E-state index < -0.39 is 0 Å². The van der Waals surface area contributed by atoms with Gasteiger partial charge in [-0.15, -0.1) is 5.10 Å². The zero-order chi connectivity index (χ0) is 14.0. The van der Waals surface area contributed by atoms with Crippen molar-refractivity contribution in [3.8, 4) is 0 Å². The van der Waals surface area contributed by atoms with Crippen LogP contribution in [0, 0.1) is 20.8 Å². The van der Waals surface area contributed by atoms with E-state index in [1.165, 1.54) is 6.07 Å². The fraction of sp³-hybridized carbons (Fsp3) is 0.250. The Labute approximate surface area is 110 Å². The lowest BCUT2D eigenvalue weighted by atomic mass is 10.2. The van der Waals surface area contributed by atoms with Crippen LogP contribution in [0.15, 0.2) is 12.1 Å². The molecule has 98 valence electrons. The first kappa shape index (κ1) is 12.9. The van der Waals surface area contributed by atoms with Crippen LogP contribution in [0.25, 0.3) is 0 Å². The number of nitrogens with one attached hydrogen (secondary N) is 1. The molecular formula is C12H14N6O. The van der Waals surface area contributed by atoms with Crippen molar-refractivity contribution >= 4 is 17.7 Å². The molecule has 0 atom stereocenters. The highest BCUT2D eigenvalue weighted by molar-refractivity contribution is 6.03. The van der Waals surface area contributed by atoms with Gasteiger partial charge in [0.15, 0.2) is 0 Å². The van der Waals surface area contributed by atoms with Gasteiger partial charge in [0.25, 0.3) is 5.91 Å². The molecule has 2 rings (SSSR count). The Kier molecular flexibility index (Phi) is 3.37. The summed E-state index contributed by atoms with van der Waals surface area (Å²) >= 11 is 0. The van der Waals surface area contributed by atoms with Crippen molar-refractivity contribution in [3.05, 3.63) is 34.8 Å². The molecule has 0 aliphatic carbocycles. The molecule has 0 aliphatic rings. The van der Waals surface area contributed by atoms with Crippen LogP contribution < -0.4 is 11.1 Å². The highest BCUT2D eigenvalue weighted by Crippen LogP contribution is 2.09. The number of anilines is 2. The third kappa shape index (κ3) is 3.01. The molecule has 0 aliphatic heterocycles. The summed E-state index contributed by atoms with van der Waals surface area (Å²) in [5, 5.41) is 10.3. The lowest BCUT2D eigenvalue weighted by Crippen LogP contribution is -2.16. The molecule has 0 spiro atoms. The van der Waals surface area contributed by atoms with Crippen molar-refractivity contribution in [1.29, 1.82) is 0 Å². The van der Waals surface area contributed by atoms with Crippen LogP contribution in [0.5, 0.6) is 0 Å². The van der Waals surface area contributed by atoms with Gasteiger partial charge in [0.2, 0.25) is 5.95 Å². The summed E-state index contributed by atoms with van der Waals surface area (Å²) in [5.74, 6) is 0.118. The predicted molar refractivity (Wildman–Crippen MR) is 70.6 cm³/mol. The number of rotatable bonds is 2. The normalized spacial score (nSPS) is 10.3. The molecule has 0 unspecified atom stereocenters. The highest BCUT2D eigenvalue weighted by Gasteiger charge is 2.10. The van der Waals surface area contributed by atoms with Crippen molar-refractivity contribution in [1.82, 2.24) is 20.2 Å². The summed E-state index contributed by atoms with van der Waals surface area (Å²) < 4.78 is 0. The van der Waals surface area contributed by atoms with Crippen molar-refractivity contribution < 1.29 is 4.79 Å². The zero-order valence-corrected chi connectivity index (χ0v) is 10.9. The SMILES string of the molecule is Cc1cc(C(=O)Nc2nnc(C)c(C)n2)cc(N)n1. The Balaban J connectivity index is 2.22. The Morgan fingerprint density at radius 1 is 1.11 bits per heavy atom. The van der Waals surface area contributed by atoms with Gasteiger partial charge in [-0.05, 0) is 32.9 Å². The number of carbonyl (C=O) groups is 1. The topological polar surface area (TPSA) is 107 Å². The molecule has 7 heteroatoms. The van der Waals surface area contributed by atoms with E-state index in [4.69, 9.17) is 5.73 Å². The third-order valence-corrected chi connectivity index (χ3v) is 2.55. The molecule has 1 amide bonds. The van der Waals surface area contributed by atoms with Crippen LogP contribution in [0.3, 0.4) is 0 Å². The largest absolute Gasteiger partial charge is 0.384 e. The van der Waals surface area contributed by atoms with Crippen LogP contribution in [-0.4, -0.2) is 26.1 Å². The minimum Gasteiger partial charge on any atom is -0.384 e. The number of aromatic nitrogens is 4. The van der Waals surface area contributed by atoms with Gasteiger partial charge in [-0.25, -0.2) is 9.97 Å². The fourth-order valence-electron chi connectivity index (χ4n) is 1.51. The van der Waals surface area contributed by atoms with Crippen molar-refractivity contribution in [2.24, 2.45) is 0 Å². The van der Waals surface area contributed by atoms with E-state index >= 15 is 0 Å². The minimum atomic E-state index is -0.345. The Hall–Kier alpha value is -2.57. The van der Waals surface area contributed by atoms with E-state index in [-0.39, 0.29) is 11.9 Å². The molecule has 2 aromatic rings. The van der Waals surface area contributed by atoms with Crippen LogP contribution >= 0.6 is 0 Å². The molecule has 19 heavy (non-hydrogen) atoms. The van der Waals surface area contributed by atoms with Crippen molar-refractivity contribution in [2.75, 3.05) is 11.1 Å². The molecule has 2 heterocycles. The molecule has 0 radical (unpaired) electrons. The number of nitrogens with two attached hydrogens (primary N) is 1. The number of nitrogen functional groups attached to an aromatic ring is 1. The monoisotopic (exact) mass is 258 g/mol. The first-order valence-electron chi connectivity index (χ1n) is 5.69. The molecule has 0 saturated carbocycles. The van der Waals surface area contributed by atoms with E-state index in [0.29, 0.717) is 17.1 Å². The van der Waals surface area contributed by atoms with Gasteiger partial charge in [-0.1, -0.05) is 0 Å². The average molecular weight is 258 g/mol. The smallest absolute Gasteiger partial charge is 0.258 e. The van der Waals surface area contributed by atoms with E-state index in [1.54, 1.807) is 26.8 Å². The zero-order valence-electron chi connectivity index (χ0n) is 10.9. The number of hydrogen-bond acceptors (Lipinski definition) is 6. The maximum absolute atomic E-state index is 12.0. The molecule has 3 N–H and O–H groups in total. The van der Waals surface area contributed by atoms with Gasteiger partial charge in [0, 0.05) is 11.3 Å². The molecule has 0 saturated heterocycles. The van der Waals surface area contributed by atoms with Crippen LogP contribution in [0.2, 0.25) is 0 Å². The standard InChI is InChI=1S/C12H14N6O/c1-6-4-9(5-10(13)14-6)11(19)16-12-15-7(2)8(3)17-18-12/h4-5H,1-3H3,(H2,13,14)(H,15,16,18,19). The summed E-state index contributed by atoms with van der Waals surface area (Å²) in [5.41, 5.74) is 8.12. The van der Waals surface area contributed by atoms with Gasteiger partial charge in [0.05, 0.1) is 11.4 Å². The van der Waals surface area contributed by atoms with Gasteiger partial charge in [0.1, 0.15) is 5.82 Å². The Morgan fingerprint density at radius 2 is 1.84 bits per heavy atom. The lowest BCUT2D eigenvalue weighted by molar-refractivity contribution is 0.102. The van der Waals surface area contributed by atoms with E-state index in [0.717, 1.165) is 11.4 Å². The van der Waals surface area contributed by atoms with E-state index in [9.17, 15) is 4.79 Å². The number of hydrogen-bond donors (Lipinski definition) is 2. The number of amides is 1. The molecule has 0 aromatic carbocycles. The molecule has 0 fully saturated rings. The fourth-order valence-corrected chi connectivity index (χ4v) is 1.51. The first-order valence-corrected chi connectivity index (χ1v) is 5.69. The van der Waals surface area contributed by atoms with Gasteiger partial charge in [-0.3, -0.25) is 10.1 Å². The quantitative estimate of drug-likeness (QED) is 0.833. The molecule has 0 bridgehead atoms. The predicted octanol–water partition coefficient (Wildman–Crippen LogP) is 1.03. The van der Waals surface area contributed by atoms with Crippen LogP contribution in [0.1, 0.15) is 27.4 Å². The summed E-state index contributed by atoms with van der Waals surface area (Å²) in [6.45, 7) is 5.36. The number of nitrogens with zero attached hydrogens (tertiary/aromatic N) is 4. The Morgan fingerprint density at radius 3 is 2.47 bits per heavy atom. The summed E-state index contributed by atoms with van der Waals surface area (Å²) in [6.07, 6.45) is 0. The van der Waals surface area contributed by atoms with E-state index in [1.807, 2.05) is 0 Å². The summed E-state index contributed by atoms with van der Waals surface area (Å²) in [7, 11) is 0. The van der Waals surface area contributed by atoms with Crippen LogP contribution in [-0.2, 0) is 0 Å². The van der Waals surface area contributed by atoms with Crippen LogP contribution in [0.4, 0.5) is 11.8 Å². The highest BCUT2D eigenvalue weighted by atomic mass is 16.1. The third-order valence-electron chi connectivity index (χ3n) is 2.55. The minimum absolute atomic E-state index is 0.168. The first-order chi connectivity index (χ1) is 8.95. The molecule has 2 aromatic heterocycles. The number of carbonyl (C=O) groups excluding carboxylic acids is 1. The van der Waals surface area contributed by atoms with Gasteiger partial charge in [-0.2, -0.15) is 5.10 Å². The maximum atomic E-state index is 12.0. The molecular weight excluding hydrogens is 244 g/mol. The van der Waals surface area contributed by atoms with Crippen molar-refractivity contribution in [2.45, 2.75) is 20.8 Å². The van der Waals surface area contributed by atoms with Gasteiger partial charge < -0.3 is 5.73 Å². The van der Waals surface area contributed by atoms with E-state index in [2.05, 4.69) is 25.5 Å². The van der Waals surface area contributed by atoms with Gasteiger partial charge >= 0.3 is 0 Å². The van der Waals surface area contributed by atoms with Crippen molar-refractivity contribution in [3.63, 3.8) is 0 Å². The number of pyridine rings is 1. The second kappa shape index (κ2) is 4.97. The Bertz CT molecular complexity index is 620. The summed E-state index contributed by atoms with van der Waals surface area (Å²) in [4.78, 5) is 20.1. The second-order valence-corrected chi connectivity index (χ2v) is 4.18. The lowest BCUT2D eigenvalue weighted by Gasteiger charge is -2.06. The second-order valence-electron chi connectivity index (χ2n) is 4.18. The maximum Gasteiger partial charge on any atom is 0.258 e. The average Bonchev–Trinajstić information content (AvgIpc) is 2.32. The molecule has 7 nitrogen and oxygen atoms in total. The number of aryl methyl sites for hydroxylation is 3.